The Morgan fingerprint density at radius 2 is 1.91 bits per heavy atom. The lowest BCUT2D eigenvalue weighted by Gasteiger charge is -2.24. The van der Waals surface area contributed by atoms with Gasteiger partial charge < -0.3 is 9.05 Å². The summed E-state index contributed by atoms with van der Waals surface area (Å²) in [6.45, 7) is 2.82. The molecule has 2 aromatic rings. The van der Waals surface area contributed by atoms with Gasteiger partial charge in [0.2, 0.25) is 0 Å². The molecule has 1 aliphatic heterocycles. The second-order valence-corrected chi connectivity index (χ2v) is 8.55. The first kappa shape index (κ1) is 16.9. The standard InChI is InChI=1S/C17H19BrNO3P/c1-13-12-21-23(20,22-13)17(15-7-9-16(18)10-8-15)19-11-14-5-3-2-4-6-14/h2-10,13,17,19H,11-12H2,1H3/t13-,17+,23+/m1/s1. The Hall–Kier alpha value is -0.970. The molecule has 0 aliphatic carbocycles. The molecule has 0 bridgehead atoms. The van der Waals surface area contributed by atoms with Crippen LogP contribution >= 0.6 is 23.5 Å². The number of nitrogens with one attached hydrogen (secondary N) is 1. The van der Waals surface area contributed by atoms with Crippen molar-refractivity contribution in [3.05, 3.63) is 70.2 Å². The molecule has 0 spiro atoms. The topological polar surface area (TPSA) is 47.6 Å². The van der Waals surface area contributed by atoms with Crippen molar-refractivity contribution < 1.29 is 13.6 Å². The van der Waals surface area contributed by atoms with Gasteiger partial charge in [0.05, 0.1) is 12.7 Å². The van der Waals surface area contributed by atoms with Gasteiger partial charge in [-0.3, -0.25) is 9.88 Å². The van der Waals surface area contributed by atoms with E-state index < -0.39 is 13.4 Å². The molecule has 2 aromatic carbocycles. The van der Waals surface area contributed by atoms with Gasteiger partial charge in [-0.2, -0.15) is 0 Å². The molecule has 1 aliphatic rings. The molecular weight excluding hydrogens is 377 g/mol. The highest BCUT2D eigenvalue weighted by molar-refractivity contribution is 9.10. The molecule has 0 saturated carbocycles. The van der Waals surface area contributed by atoms with E-state index in [1.807, 2.05) is 61.5 Å². The van der Waals surface area contributed by atoms with Crippen LogP contribution in [0, 0.1) is 0 Å². The number of hydrogen-bond donors (Lipinski definition) is 1. The highest BCUT2D eigenvalue weighted by Crippen LogP contribution is 2.63. The summed E-state index contributed by atoms with van der Waals surface area (Å²) in [7, 11) is -3.24. The van der Waals surface area contributed by atoms with Gasteiger partial charge >= 0.3 is 7.60 Å². The minimum atomic E-state index is -3.24. The van der Waals surface area contributed by atoms with E-state index in [9.17, 15) is 4.57 Å². The lowest BCUT2D eigenvalue weighted by Crippen LogP contribution is -2.21. The van der Waals surface area contributed by atoms with Crippen LogP contribution in [0.3, 0.4) is 0 Å². The Labute approximate surface area is 144 Å². The average molecular weight is 396 g/mol. The van der Waals surface area contributed by atoms with Crippen LogP contribution in [0.15, 0.2) is 59.1 Å². The lowest BCUT2D eigenvalue weighted by molar-refractivity contribution is 0.253. The van der Waals surface area contributed by atoms with E-state index in [1.165, 1.54) is 0 Å². The molecule has 0 unspecified atom stereocenters. The maximum atomic E-state index is 13.1. The van der Waals surface area contributed by atoms with Crippen LogP contribution in [0.4, 0.5) is 0 Å². The van der Waals surface area contributed by atoms with Crippen molar-refractivity contribution in [2.24, 2.45) is 0 Å². The predicted molar refractivity (Wildman–Crippen MR) is 94.3 cm³/mol. The third-order valence-corrected chi connectivity index (χ3v) is 6.46. The Kier molecular flexibility index (Phi) is 5.34. The van der Waals surface area contributed by atoms with Crippen LogP contribution in [0.25, 0.3) is 0 Å². The van der Waals surface area contributed by atoms with Gasteiger partial charge in [0, 0.05) is 11.0 Å². The molecule has 0 aromatic heterocycles. The molecule has 1 fully saturated rings. The molecule has 1 heterocycles. The van der Waals surface area contributed by atoms with Crippen LogP contribution in [0.2, 0.25) is 0 Å². The largest absolute Gasteiger partial charge is 0.352 e. The molecule has 23 heavy (non-hydrogen) atoms. The maximum Gasteiger partial charge on any atom is 0.352 e. The molecule has 4 nitrogen and oxygen atoms in total. The average Bonchev–Trinajstić information content (AvgIpc) is 2.90. The zero-order chi connectivity index (χ0) is 16.3. The summed E-state index contributed by atoms with van der Waals surface area (Å²) in [4.78, 5) is 0. The predicted octanol–water partition coefficient (Wildman–Crippen LogP) is 4.87. The van der Waals surface area contributed by atoms with Crippen molar-refractivity contribution in [2.45, 2.75) is 25.4 Å². The van der Waals surface area contributed by atoms with Crippen LogP contribution in [0.5, 0.6) is 0 Å². The Balaban J connectivity index is 1.84. The van der Waals surface area contributed by atoms with Gasteiger partial charge in [-0.1, -0.05) is 58.4 Å². The van der Waals surface area contributed by atoms with E-state index in [4.69, 9.17) is 9.05 Å². The second kappa shape index (κ2) is 7.29. The van der Waals surface area contributed by atoms with Crippen molar-refractivity contribution in [3.8, 4) is 0 Å². The fraction of sp³-hybridized carbons (Fsp3) is 0.294. The van der Waals surface area contributed by atoms with Gasteiger partial charge in [0.15, 0.2) is 0 Å². The molecule has 122 valence electrons. The summed E-state index contributed by atoms with van der Waals surface area (Å²) in [5, 5.41) is 3.35. The summed E-state index contributed by atoms with van der Waals surface area (Å²) in [6, 6.07) is 17.7. The molecule has 3 rings (SSSR count). The van der Waals surface area contributed by atoms with Crippen LogP contribution in [-0.2, 0) is 20.2 Å². The highest BCUT2D eigenvalue weighted by atomic mass is 79.9. The van der Waals surface area contributed by atoms with Crippen LogP contribution in [-0.4, -0.2) is 12.7 Å². The first-order valence-electron chi connectivity index (χ1n) is 7.52. The number of halogens is 1. The molecule has 0 radical (unpaired) electrons. The monoisotopic (exact) mass is 395 g/mol. The lowest BCUT2D eigenvalue weighted by atomic mass is 10.2. The first-order chi connectivity index (χ1) is 11.1. The first-order valence-corrected chi connectivity index (χ1v) is 9.93. The van der Waals surface area contributed by atoms with Crippen molar-refractivity contribution in [2.75, 3.05) is 6.61 Å². The summed E-state index contributed by atoms with van der Waals surface area (Å²) in [5.74, 6) is -0.485. The summed E-state index contributed by atoms with van der Waals surface area (Å²) in [5.41, 5.74) is 2.01. The van der Waals surface area contributed by atoms with E-state index in [-0.39, 0.29) is 6.10 Å². The van der Waals surface area contributed by atoms with E-state index in [1.54, 1.807) is 0 Å². The van der Waals surface area contributed by atoms with Crippen LogP contribution in [0.1, 0.15) is 23.8 Å². The van der Waals surface area contributed by atoms with Gasteiger partial charge in [0.1, 0.15) is 5.78 Å². The third-order valence-electron chi connectivity index (χ3n) is 3.66. The molecule has 1 saturated heterocycles. The zero-order valence-corrected chi connectivity index (χ0v) is 15.3. The van der Waals surface area contributed by atoms with Gasteiger partial charge in [0.25, 0.3) is 0 Å². The Morgan fingerprint density at radius 1 is 1.22 bits per heavy atom. The third kappa shape index (κ3) is 4.11. The van der Waals surface area contributed by atoms with E-state index in [0.717, 1.165) is 15.6 Å². The fourth-order valence-corrected chi connectivity index (χ4v) is 4.95. The summed E-state index contributed by atoms with van der Waals surface area (Å²) in [6.07, 6.45) is -0.155. The Morgan fingerprint density at radius 3 is 2.52 bits per heavy atom. The fourth-order valence-electron chi connectivity index (χ4n) is 2.52. The van der Waals surface area contributed by atoms with E-state index in [2.05, 4.69) is 21.2 Å². The minimum Gasteiger partial charge on any atom is -0.304 e. The molecule has 0 amide bonds. The minimum absolute atomic E-state index is 0.155. The molecule has 3 atom stereocenters. The molecular formula is C17H19BrNO3P. The SMILES string of the molecule is C[C@@H]1CO[P@@](=O)([C@H](NCc2ccccc2)c2ccc(Br)cc2)O1. The van der Waals surface area contributed by atoms with Crippen molar-refractivity contribution in [1.29, 1.82) is 0 Å². The zero-order valence-electron chi connectivity index (χ0n) is 12.8. The number of rotatable bonds is 5. The summed E-state index contributed by atoms with van der Waals surface area (Å²) >= 11 is 3.42. The maximum absolute atomic E-state index is 13.1. The Bertz CT molecular complexity index is 693. The second-order valence-electron chi connectivity index (χ2n) is 5.57. The van der Waals surface area contributed by atoms with Gasteiger partial charge in [-0.15, -0.1) is 0 Å². The van der Waals surface area contributed by atoms with Crippen molar-refractivity contribution in [3.63, 3.8) is 0 Å². The number of benzene rings is 2. The van der Waals surface area contributed by atoms with E-state index >= 15 is 0 Å². The molecule has 1 N–H and O–H groups in total. The quantitative estimate of drug-likeness (QED) is 0.733. The van der Waals surface area contributed by atoms with E-state index in [0.29, 0.717) is 13.2 Å². The molecule has 6 heteroatoms. The summed E-state index contributed by atoms with van der Waals surface area (Å²) < 4.78 is 25.3. The van der Waals surface area contributed by atoms with Gasteiger partial charge in [-0.25, -0.2) is 0 Å². The number of hydrogen-bond acceptors (Lipinski definition) is 4. The van der Waals surface area contributed by atoms with Crippen molar-refractivity contribution in [1.82, 2.24) is 5.32 Å². The normalized spacial score (nSPS) is 25.4. The highest BCUT2D eigenvalue weighted by Gasteiger charge is 2.43. The van der Waals surface area contributed by atoms with Gasteiger partial charge in [-0.05, 0) is 30.2 Å². The van der Waals surface area contributed by atoms with Crippen LogP contribution < -0.4 is 5.32 Å². The van der Waals surface area contributed by atoms with Crippen molar-refractivity contribution >= 4 is 23.5 Å². The smallest absolute Gasteiger partial charge is 0.304 e.